The van der Waals surface area contributed by atoms with E-state index in [0.717, 1.165) is 16.7 Å². The fourth-order valence-corrected chi connectivity index (χ4v) is 3.04. The monoisotopic (exact) mass is 391 g/mol. The summed E-state index contributed by atoms with van der Waals surface area (Å²) in [5, 5.41) is 2.88. The zero-order chi connectivity index (χ0) is 20.5. The molecule has 0 heterocycles. The van der Waals surface area contributed by atoms with E-state index in [1.54, 1.807) is 20.3 Å². The Balaban J connectivity index is 1.62. The highest BCUT2D eigenvalue weighted by molar-refractivity contribution is 5.77. The lowest BCUT2D eigenvalue weighted by molar-refractivity contribution is -0.127. The summed E-state index contributed by atoms with van der Waals surface area (Å²) < 4.78 is 16.6. The molecule has 0 saturated heterocycles. The van der Waals surface area contributed by atoms with Crippen LogP contribution in [0.3, 0.4) is 0 Å². The Hall–Kier alpha value is -3.31. The zero-order valence-corrected chi connectivity index (χ0v) is 16.6. The van der Waals surface area contributed by atoms with Gasteiger partial charge in [-0.15, -0.1) is 0 Å². The molecule has 3 aromatic carbocycles. The molecule has 0 aromatic heterocycles. The Morgan fingerprint density at radius 1 is 0.862 bits per heavy atom. The maximum absolute atomic E-state index is 12.4. The van der Waals surface area contributed by atoms with Gasteiger partial charge < -0.3 is 19.5 Å². The number of carbonyl (C=O) groups is 1. The molecule has 150 valence electrons. The highest BCUT2D eigenvalue weighted by Gasteiger charge is 2.16. The molecule has 5 nitrogen and oxygen atoms in total. The second kappa shape index (κ2) is 10.3. The van der Waals surface area contributed by atoms with Gasteiger partial charge in [0.25, 0.3) is 0 Å². The normalized spacial score (nSPS) is 10.6. The van der Waals surface area contributed by atoms with Crippen LogP contribution in [0.25, 0.3) is 0 Å². The third-order valence-electron chi connectivity index (χ3n) is 4.56. The Morgan fingerprint density at radius 3 is 2.03 bits per heavy atom. The van der Waals surface area contributed by atoms with Crippen LogP contribution in [0.1, 0.15) is 22.8 Å². The molecule has 0 aliphatic carbocycles. The Morgan fingerprint density at radius 2 is 1.48 bits per heavy atom. The number of nitrogens with one attached hydrogen (secondary N) is 1. The average molecular weight is 391 g/mol. The van der Waals surface area contributed by atoms with Crippen molar-refractivity contribution in [2.45, 2.75) is 12.6 Å². The van der Waals surface area contributed by atoms with Crippen molar-refractivity contribution in [3.8, 4) is 11.5 Å². The van der Waals surface area contributed by atoms with Gasteiger partial charge in [0.1, 0.15) is 24.2 Å². The first-order valence-electron chi connectivity index (χ1n) is 9.40. The van der Waals surface area contributed by atoms with Gasteiger partial charge in [-0.2, -0.15) is 0 Å². The van der Waals surface area contributed by atoms with E-state index < -0.39 is 0 Å². The van der Waals surface area contributed by atoms with Crippen LogP contribution in [-0.4, -0.2) is 26.7 Å². The van der Waals surface area contributed by atoms with Crippen LogP contribution in [0.4, 0.5) is 0 Å². The lowest BCUT2D eigenvalue weighted by Gasteiger charge is -2.19. The molecular weight excluding hydrogens is 366 g/mol. The number of rotatable bonds is 9. The molecule has 0 bridgehead atoms. The van der Waals surface area contributed by atoms with Crippen molar-refractivity contribution < 1.29 is 19.0 Å². The molecule has 0 spiro atoms. The molecule has 5 heteroatoms. The van der Waals surface area contributed by atoms with Crippen LogP contribution in [0.15, 0.2) is 78.9 Å². The topological polar surface area (TPSA) is 56.8 Å². The summed E-state index contributed by atoms with van der Waals surface area (Å²) in [4.78, 5) is 12.4. The first-order chi connectivity index (χ1) is 14.2. The summed E-state index contributed by atoms with van der Waals surface area (Å²) in [6, 6.07) is 25.3. The summed E-state index contributed by atoms with van der Waals surface area (Å²) >= 11 is 0. The Kier molecular flexibility index (Phi) is 7.25. The van der Waals surface area contributed by atoms with E-state index in [4.69, 9.17) is 14.2 Å². The lowest BCUT2D eigenvalue weighted by Crippen LogP contribution is -2.28. The maximum Gasteiger partial charge on any atom is 0.246 e. The van der Waals surface area contributed by atoms with Crippen molar-refractivity contribution in [3.63, 3.8) is 0 Å². The first-order valence-corrected chi connectivity index (χ1v) is 9.40. The number of methoxy groups -OCH3 is 2. The van der Waals surface area contributed by atoms with E-state index in [2.05, 4.69) is 5.32 Å². The van der Waals surface area contributed by atoms with Gasteiger partial charge in [0.2, 0.25) is 5.91 Å². The fraction of sp³-hybridized carbons (Fsp3) is 0.208. The number of amides is 1. The number of ether oxygens (including phenoxy) is 3. The number of hydrogen-bond acceptors (Lipinski definition) is 4. The van der Waals surface area contributed by atoms with Gasteiger partial charge in [-0.25, -0.2) is 0 Å². The van der Waals surface area contributed by atoms with E-state index in [1.807, 2.05) is 72.8 Å². The molecule has 1 N–H and O–H groups in total. The van der Waals surface area contributed by atoms with Crippen molar-refractivity contribution in [2.75, 3.05) is 20.8 Å². The molecule has 0 radical (unpaired) electrons. The predicted octanol–water partition coefficient (Wildman–Crippen LogP) is 4.13. The van der Waals surface area contributed by atoms with E-state index >= 15 is 0 Å². The lowest BCUT2D eigenvalue weighted by atomic mass is 10.0. The number of benzene rings is 3. The quantitative estimate of drug-likeness (QED) is 0.596. The van der Waals surface area contributed by atoms with Crippen molar-refractivity contribution >= 4 is 5.91 Å². The molecule has 29 heavy (non-hydrogen) atoms. The van der Waals surface area contributed by atoms with Gasteiger partial charge in [0, 0.05) is 18.2 Å². The SMILES string of the molecule is COc1ccc(CNC(=O)COC(c2ccccc2)c2ccccc2)c(OC)c1. The number of carbonyl (C=O) groups excluding carboxylic acids is 1. The molecular formula is C24H25NO4. The third kappa shape index (κ3) is 5.59. The number of hydrogen-bond donors (Lipinski definition) is 1. The average Bonchev–Trinajstić information content (AvgIpc) is 2.79. The Labute approximate surface area is 171 Å². The molecule has 0 aliphatic heterocycles. The summed E-state index contributed by atoms with van der Waals surface area (Å²) in [5.74, 6) is 1.17. The smallest absolute Gasteiger partial charge is 0.246 e. The summed E-state index contributed by atoms with van der Waals surface area (Å²) in [6.07, 6.45) is -0.307. The molecule has 0 saturated carbocycles. The van der Waals surface area contributed by atoms with E-state index in [-0.39, 0.29) is 18.6 Å². The molecule has 0 atom stereocenters. The van der Waals surface area contributed by atoms with Gasteiger partial charge in [0.05, 0.1) is 14.2 Å². The zero-order valence-electron chi connectivity index (χ0n) is 16.6. The van der Waals surface area contributed by atoms with Crippen LogP contribution in [0, 0.1) is 0 Å². The second-order valence-electron chi connectivity index (χ2n) is 6.47. The second-order valence-corrected chi connectivity index (χ2v) is 6.47. The van der Waals surface area contributed by atoms with E-state index in [9.17, 15) is 4.79 Å². The minimum Gasteiger partial charge on any atom is -0.497 e. The largest absolute Gasteiger partial charge is 0.497 e. The fourth-order valence-electron chi connectivity index (χ4n) is 3.04. The highest BCUT2D eigenvalue weighted by atomic mass is 16.5. The van der Waals surface area contributed by atoms with Crippen LogP contribution < -0.4 is 14.8 Å². The minimum atomic E-state index is -0.307. The Bertz CT molecular complexity index is 873. The van der Waals surface area contributed by atoms with Crippen molar-refractivity contribution in [1.82, 2.24) is 5.32 Å². The van der Waals surface area contributed by atoms with Crippen molar-refractivity contribution in [2.24, 2.45) is 0 Å². The molecule has 0 aliphatic rings. The van der Waals surface area contributed by atoms with Gasteiger partial charge in [0.15, 0.2) is 0 Å². The summed E-state index contributed by atoms with van der Waals surface area (Å²) in [7, 11) is 3.19. The van der Waals surface area contributed by atoms with Gasteiger partial charge in [-0.1, -0.05) is 60.7 Å². The van der Waals surface area contributed by atoms with Crippen LogP contribution in [-0.2, 0) is 16.1 Å². The van der Waals surface area contributed by atoms with E-state index in [1.165, 1.54) is 0 Å². The van der Waals surface area contributed by atoms with Crippen molar-refractivity contribution in [1.29, 1.82) is 0 Å². The molecule has 3 aromatic rings. The molecule has 1 amide bonds. The molecule has 0 fully saturated rings. The van der Waals surface area contributed by atoms with Crippen molar-refractivity contribution in [3.05, 3.63) is 95.6 Å². The van der Waals surface area contributed by atoms with Crippen LogP contribution >= 0.6 is 0 Å². The molecule has 3 rings (SSSR count). The molecule has 0 unspecified atom stereocenters. The van der Waals surface area contributed by atoms with Crippen LogP contribution in [0.5, 0.6) is 11.5 Å². The standard InChI is InChI=1S/C24H25NO4/c1-27-21-14-13-20(22(15-21)28-2)16-25-23(26)17-29-24(18-9-5-3-6-10-18)19-11-7-4-8-12-19/h3-15,24H,16-17H2,1-2H3,(H,25,26). The van der Waals surface area contributed by atoms with E-state index in [0.29, 0.717) is 18.0 Å². The maximum atomic E-state index is 12.4. The minimum absolute atomic E-state index is 0.0487. The van der Waals surface area contributed by atoms with Gasteiger partial charge in [-0.3, -0.25) is 4.79 Å². The van der Waals surface area contributed by atoms with Gasteiger partial charge in [-0.05, 0) is 23.3 Å². The highest BCUT2D eigenvalue weighted by Crippen LogP contribution is 2.26. The summed E-state index contributed by atoms with van der Waals surface area (Å²) in [5.41, 5.74) is 2.87. The first kappa shape index (κ1) is 20.4. The van der Waals surface area contributed by atoms with Crippen LogP contribution in [0.2, 0.25) is 0 Å². The third-order valence-corrected chi connectivity index (χ3v) is 4.56. The van der Waals surface area contributed by atoms with Gasteiger partial charge >= 0.3 is 0 Å². The predicted molar refractivity (Wildman–Crippen MR) is 112 cm³/mol. The summed E-state index contributed by atoms with van der Waals surface area (Å²) in [6.45, 7) is 0.295.